The number of sulfonamides is 1. The van der Waals surface area contributed by atoms with Crippen molar-refractivity contribution in [1.82, 2.24) is 4.31 Å². The number of esters is 1. The number of furan rings is 1. The number of hydrogen-bond acceptors (Lipinski definition) is 7. The first kappa shape index (κ1) is 24.8. The number of anilines is 1. The number of rotatable bonds is 8. The van der Waals surface area contributed by atoms with Crippen molar-refractivity contribution in [3.63, 3.8) is 0 Å². The summed E-state index contributed by atoms with van der Waals surface area (Å²) in [5.74, 6) is -1.45. The lowest BCUT2D eigenvalue weighted by molar-refractivity contribution is -0.122. The molecule has 1 saturated heterocycles. The van der Waals surface area contributed by atoms with Gasteiger partial charge in [-0.15, -0.1) is 0 Å². The van der Waals surface area contributed by atoms with E-state index in [0.717, 1.165) is 9.21 Å². The first-order valence-electron chi connectivity index (χ1n) is 10.7. The molecule has 1 aliphatic rings. The zero-order valence-electron chi connectivity index (χ0n) is 18.6. The molecule has 2 aromatic carbocycles. The Bertz CT molecular complexity index is 1340. The van der Waals surface area contributed by atoms with Crippen molar-refractivity contribution < 1.29 is 32.0 Å². The van der Waals surface area contributed by atoms with Crippen molar-refractivity contribution in [2.24, 2.45) is 0 Å². The molecule has 1 aliphatic heterocycles. The second kappa shape index (κ2) is 10.1. The minimum Gasteiger partial charge on any atom is -0.468 e. The molecule has 1 unspecified atom stereocenters. The molecule has 0 saturated carbocycles. The monoisotopic (exact) mass is 560 g/mol. The normalized spacial score (nSPS) is 16.2. The Kier molecular flexibility index (Phi) is 7.20. The quantitative estimate of drug-likeness (QED) is 0.304. The van der Waals surface area contributed by atoms with Gasteiger partial charge in [0.1, 0.15) is 11.8 Å². The molecule has 0 radical (unpaired) electrons. The fourth-order valence-electron chi connectivity index (χ4n) is 3.73. The minimum atomic E-state index is -4.17. The van der Waals surface area contributed by atoms with Crippen LogP contribution < -0.4 is 4.90 Å². The van der Waals surface area contributed by atoms with E-state index in [1.165, 1.54) is 42.7 Å². The predicted octanol–water partition coefficient (Wildman–Crippen LogP) is 3.74. The molecule has 4 rings (SSSR count). The zero-order chi connectivity index (χ0) is 25.2. The van der Waals surface area contributed by atoms with Gasteiger partial charge < -0.3 is 9.15 Å². The van der Waals surface area contributed by atoms with Crippen LogP contribution in [-0.2, 0) is 30.9 Å². The van der Waals surface area contributed by atoms with Gasteiger partial charge in [-0.25, -0.2) is 18.1 Å². The van der Waals surface area contributed by atoms with Crippen molar-refractivity contribution in [3.8, 4) is 0 Å². The lowest BCUT2D eigenvalue weighted by Crippen LogP contribution is -2.45. The summed E-state index contributed by atoms with van der Waals surface area (Å²) in [6, 6.07) is 13.7. The molecule has 0 bridgehead atoms. The SMILES string of the molecule is CCOC(=O)c1ccc(N2C(=O)CC(N(Cc3ccco3)S(=O)(=O)c3ccc(Br)cc3)C2=O)cc1. The summed E-state index contributed by atoms with van der Waals surface area (Å²) >= 11 is 3.28. The van der Waals surface area contributed by atoms with E-state index in [4.69, 9.17) is 9.15 Å². The Morgan fingerprint density at radius 1 is 1.11 bits per heavy atom. The number of benzene rings is 2. The van der Waals surface area contributed by atoms with Gasteiger partial charge in [-0.3, -0.25) is 9.59 Å². The number of ether oxygens (including phenoxy) is 1. The Labute approximate surface area is 210 Å². The summed E-state index contributed by atoms with van der Waals surface area (Å²) in [4.78, 5) is 39.1. The number of imide groups is 1. The van der Waals surface area contributed by atoms with Crippen LogP contribution >= 0.6 is 15.9 Å². The molecule has 0 aliphatic carbocycles. The molecule has 3 aromatic rings. The number of nitrogens with zero attached hydrogens (tertiary/aromatic N) is 2. The number of amides is 2. The molecule has 0 N–H and O–H groups in total. The Hall–Kier alpha value is -3.28. The van der Waals surface area contributed by atoms with Gasteiger partial charge in [0.15, 0.2) is 0 Å². The number of halogens is 1. The summed E-state index contributed by atoms with van der Waals surface area (Å²) in [5.41, 5.74) is 0.498. The molecular formula is C24H21BrN2O7S. The van der Waals surface area contributed by atoms with E-state index in [0.29, 0.717) is 10.2 Å². The Morgan fingerprint density at radius 3 is 2.40 bits per heavy atom. The van der Waals surface area contributed by atoms with Crippen molar-refractivity contribution in [2.75, 3.05) is 11.5 Å². The van der Waals surface area contributed by atoms with Gasteiger partial charge in [0.25, 0.3) is 5.91 Å². The summed E-state index contributed by atoms with van der Waals surface area (Å²) in [5, 5.41) is 0. The zero-order valence-corrected chi connectivity index (χ0v) is 21.0. The summed E-state index contributed by atoms with van der Waals surface area (Å²) in [6.07, 6.45) is 1.06. The summed E-state index contributed by atoms with van der Waals surface area (Å²) in [6.45, 7) is 1.67. The van der Waals surface area contributed by atoms with Crippen LogP contribution in [0.2, 0.25) is 0 Å². The van der Waals surface area contributed by atoms with Gasteiger partial charge in [0, 0.05) is 4.47 Å². The van der Waals surface area contributed by atoms with Gasteiger partial charge in [-0.2, -0.15) is 4.31 Å². The third-order valence-corrected chi connectivity index (χ3v) is 7.82. The number of carbonyl (C=O) groups is 3. The van der Waals surface area contributed by atoms with Crippen LogP contribution in [0.15, 0.2) is 80.7 Å². The second-order valence-corrected chi connectivity index (χ2v) is 10.4. The predicted molar refractivity (Wildman–Crippen MR) is 129 cm³/mol. The van der Waals surface area contributed by atoms with Gasteiger partial charge >= 0.3 is 5.97 Å². The standard InChI is InChI=1S/C24H21BrN2O7S/c1-2-33-24(30)16-5-9-18(10-6-16)27-22(28)14-21(23(27)29)26(15-19-4-3-13-34-19)35(31,32)20-11-7-17(25)8-12-20/h3-13,21H,2,14-15H2,1H3. The molecule has 1 atom stereocenters. The number of hydrogen-bond donors (Lipinski definition) is 0. The second-order valence-electron chi connectivity index (χ2n) is 7.64. The van der Waals surface area contributed by atoms with Crippen LogP contribution in [0.3, 0.4) is 0 Å². The first-order chi connectivity index (χ1) is 16.7. The average Bonchev–Trinajstić information content (AvgIpc) is 3.45. The van der Waals surface area contributed by atoms with Crippen molar-refractivity contribution >= 4 is 49.4 Å². The van der Waals surface area contributed by atoms with E-state index in [9.17, 15) is 22.8 Å². The van der Waals surface area contributed by atoms with Crippen molar-refractivity contribution in [2.45, 2.75) is 30.8 Å². The van der Waals surface area contributed by atoms with E-state index in [1.54, 1.807) is 31.2 Å². The lowest BCUT2D eigenvalue weighted by atomic mass is 10.2. The molecule has 1 fully saturated rings. The first-order valence-corrected chi connectivity index (χ1v) is 12.9. The fourth-order valence-corrected chi connectivity index (χ4v) is 5.55. The smallest absolute Gasteiger partial charge is 0.338 e. The van der Waals surface area contributed by atoms with Crippen LogP contribution in [0, 0.1) is 0 Å². The van der Waals surface area contributed by atoms with Crippen LogP contribution in [0.25, 0.3) is 0 Å². The maximum Gasteiger partial charge on any atom is 0.338 e. The van der Waals surface area contributed by atoms with E-state index in [1.807, 2.05) is 0 Å². The minimum absolute atomic E-state index is 0.0234. The van der Waals surface area contributed by atoms with Gasteiger partial charge in [-0.1, -0.05) is 15.9 Å². The molecule has 1 aromatic heterocycles. The summed E-state index contributed by atoms with van der Waals surface area (Å²) in [7, 11) is -4.17. The summed E-state index contributed by atoms with van der Waals surface area (Å²) < 4.78 is 39.1. The molecule has 11 heteroatoms. The van der Waals surface area contributed by atoms with Crippen LogP contribution in [0.1, 0.15) is 29.5 Å². The van der Waals surface area contributed by atoms with Crippen LogP contribution in [0.4, 0.5) is 5.69 Å². The lowest BCUT2D eigenvalue weighted by Gasteiger charge is -2.26. The maximum atomic E-state index is 13.6. The number of carbonyl (C=O) groups excluding carboxylic acids is 3. The van der Waals surface area contributed by atoms with Gasteiger partial charge in [0.2, 0.25) is 15.9 Å². The highest BCUT2D eigenvalue weighted by molar-refractivity contribution is 9.10. The van der Waals surface area contributed by atoms with Gasteiger partial charge in [-0.05, 0) is 67.6 Å². The molecule has 182 valence electrons. The molecule has 2 heterocycles. The van der Waals surface area contributed by atoms with E-state index in [-0.39, 0.29) is 35.7 Å². The highest BCUT2D eigenvalue weighted by atomic mass is 79.9. The topological polar surface area (TPSA) is 114 Å². The van der Waals surface area contributed by atoms with Crippen molar-refractivity contribution in [1.29, 1.82) is 0 Å². The Balaban J connectivity index is 1.67. The van der Waals surface area contributed by atoms with E-state index in [2.05, 4.69) is 15.9 Å². The molecule has 0 spiro atoms. The molecule has 9 nitrogen and oxygen atoms in total. The van der Waals surface area contributed by atoms with Crippen LogP contribution in [0.5, 0.6) is 0 Å². The molecule has 2 amide bonds. The third kappa shape index (κ3) is 5.07. The highest BCUT2D eigenvalue weighted by Crippen LogP contribution is 2.31. The van der Waals surface area contributed by atoms with Crippen molar-refractivity contribution in [3.05, 3.63) is 82.7 Å². The Morgan fingerprint density at radius 2 is 1.80 bits per heavy atom. The highest BCUT2D eigenvalue weighted by Gasteiger charge is 2.47. The van der Waals surface area contributed by atoms with Crippen LogP contribution in [-0.4, -0.2) is 43.2 Å². The van der Waals surface area contributed by atoms with E-state index < -0.39 is 33.8 Å². The molecule has 35 heavy (non-hydrogen) atoms. The largest absolute Gasteiger partial charge is 0.468 e. The van der Waals surface area contributed by atoms with E-state index >= 15 is 0 Å². The fraction of sp³-hybridized carbons (Fsp3) is 0.208. The molecular weight excluding hydrogens is 540 g/mol. The third-order valence-electron chi connectivity index (χ3n) is 5.42. The average molecular weight is 561 g/mol. The van der Waals surface area contributed by atoms with Gasteiger partial charge in [0.05, 0.1) is 42.0 Å². The maximum absolute atomic E-state index is 13.6.